The number of aryl methyl sites for hydroxylation is 1. The van der Waals surface area contributed by atoms with Gasteiger partial charge in [0.2, 0.25) is 0 Å². The number of carbonyl (C=O) groups is 1. The number of nitrogens with zero attached hydrogens (tertiary/aromatic N) is 2. The number of carboxylic acids is 1. The van der Waals surface area contributed by atoms with Crippen molar-refractivity contribution < 1.29 is 9.90 Å². The second-order valence-corrected chi connectivity index (χ2v) is 4.08. The van der Waals surface area contributed by atoms with E-state index in [2.05, 4.69) is 5.10 Å². The van der Waals surface area contributed by atoms with Crippen LogP contribution >= 0.6 is 0 Å². The topological polar surface area (TPSA) is 72.2 Å². The molecule has 0 saturated heterocycles. The first-order valence-electron chi connectivity index (χ1n) is 5.88. The molecule has 0 saturated carbocycles. The fourth-order valence-corrected chi connectivity index (χ4v) is 1.85. The molecule has 0 bridgehead atoms. The maximum atomic E-state index is 12.1. The third-order valence-corrected chi connectivity index (χ3v) is 2.79. The highest BCUT2D eigenvalue weighted by molar-refractivity contribution is 6.01. The summed E-state index contributed by atoms with van der Waals surface area (Å²) in [6.07, 6.45) is 1.72. The molecular formula is C13H14N2O3. The minimum absolute atomic E-state index is 0.0682. The fourth-order valence-electron chi connectivity index (χ4n) is 1.85. The van der Waals surface area contributed by atoms with Crippen LogP contribution in [0.15, 0.2) is 29.1 Å². The molecule has 0 aliphatic rings. The van der Waals surface area contributed by atoms with Crippen LogP contribution in [0.5, 0.6) is 0 Å². The number of rotatable bonds is 4. The summed E-state index contributed by atoms with van der Waals surface area (Å²) in [5.74, 6) is -1.11. The van der Waals surface area contributed by atoms with Crippen LogP contribution in [0.3, 0.4) is 0 Å². The van der Waals surface area contributed by atoms with Crippen LogP contribution in [0, 0.1) is 0 Å². The summed E-state index contributed by atoms with van der Waals surface area (Å²) in [5.41, 5.74) is -0.301. The van der Waals surface area contributed by atoms with E-state index in [0.717, 1.165) is 12.8 Å². The molecule has 0 amide bonds. The van der Waals surface area contributed by atoms with Crippen LogP contribution < -0.4 is 5.56 Å². The molecule has 1 N–H and O–H groups in total. The molecule has 18 heavy (non-hydrogen) atoms. The SMILES string of the molecule is CCCCn1nc(C(=O)O)c2ccccc2c1=O. The van der Waals surface area contributed by atoms with Crippen LogP contribution in [0.4, 0.5) is 0 Å². The van der Waals surface area contributed by atoms with E-state index in [-0.39, 0.29) is 11.3 Å². The van der Waals surface area contributed by atoms with Gasteiger partial charge in [-0.3, -0.25) is 4.79 Å². The van der Waals surface area contributed by atoms with E-state index in [1.54, 1.807) is 24.3 Å². The number of hydrogen-bond acceptors (Lipinski definition) is 3. The Morgan fingerprint density at radius 2 is 2.00 bits per heavy atom. The normalized spacial score (nSPS) is 10.7. The van der Waals surface area contributed by atoms with Crippen molar-refractivity contribution in [3.63, 3.8) is 0 Å². The van der Waals surface area contributed by atoms with E-state index in [1.165, 1.54) is 4.68 Å². The summed E-state index contributed by atoms with van der Waals surface area (Å²) < 4.78 is 1.25. The zero-order valence-corrected chi connectivity index (χ0v) is 10.1. The maximum Gasteiger partial charge on any atom is 0.357 e. The monoisotopic (exact) mass is 246 g/mol. The molecule has 2 aromatic rings. The zero-order valence-electron chi connectivity index (χ0n) is 10.1. The van der Waals surface area contributed by atoms with Crippen LogP contribution in [0.25, 0.3) is 10.8 Å². The molecule has 0 spiro atoms. The first-order chi connectivity index (χ1) is 8.65. The summed E-state index contributed by atoms with van der Waals surface area (Å²) in [4.78, 5) is 23.3. The van der Waals surface area contributed by atoms with E-state index >= 15 is 0 Å². The predicted molar refractivity (Wildman–Crippen MR) is 67.9 cm³/mol. The summed E-state index contributed by atoms with van der Waals surface area (Å²) >= 11 is 0. The van der Waals surface area contributed by atoms with E-state index < -0.39 is 5.97 Å². The van der Waals surface area contributed by atoms with Crippen LogP contribution in [0.1, 0.15) is 30.3 Å². The molecule has 0 aliphatic heterocycles. The molecule has 1 aromatic carbocycles. The van der Waals surface area contributed by atoms with Crippen molar-refractivity contribution in [3.05, 3.63) is 40.3 Å². The molecule has 0 atom stereocenters. The van der Waals surface area contributed by atoms with Gasteiger partial charge in [0, 0.05) is 11.9 Å². The Kier molecular flexibility index (Phi) is 3.41. The first kappa shape index (κ1) is 12.3. The molecule has 1 aromatic heterocycles. The van der Waals surface area contributed by atoms with Crippen molar-refractivity contribution in [1.82, 2.24) is 9.78 Å². The van der Waals surface area contributed by atoms with Gasteiger partial charge in [-0.1, -0.05) is 31.5 Å². The minimum atomic E-state index is -1.11. The summed E-state index contributed by atoms with van der Waals surface area (Å²) in [6.45, 7) is 2.45. The Bertz CT molecular complexity index is 646. The van der Waals surface area contributed by atoms with E-state index in [4.69, 9.17) is 5.11 Å². The third kappa shape index (κ3) is 2.11. The van der Waals surface area contributed by atoms with Gasteiger partial charge in [0.1, 0.15) is 0 Å². The lowest BCUT2D eigenvalue weighted by molar-refractivity contribution is 0.0690. The lowest BCUT2D eigenvalue weighted by Gasteiger charge is -2.07. The molecule has 94 valence electrons. The van der Waals surface area contributed by atoms with Gasteiger partial charge >= 0.3 is 5.97 Å². The van der Waals surface area contributed by atoms with E-state index in [0.29, 0.717) is 17.3 Å². The predicted octanol–water partition coefficient (Wildman–Crippen LogP) is 1.89. The zero-order chi connectivity index (χ0) is 13.1. The van der Waals surface area contributed by atoms with Crippen molar-refractivity contribution in [1.29, 1.82) is 0 Å². The van der Waals surface area contributed by atoms with Gasteiger partial charge in [-0.05, 0) is 12.5 Å². The average Bonchev–Trinajstić information content (AvgIpc) is 2.38. The van der Waals surface area contributed by atoms with Gasteiger partial charge in [-0.2, -0.15) is 5.10 Å². The molecule has 5 nitrogen and oxygen atoms in total. The third-order valence-electron chi connectivity index (χ3n) is 2.79. The second-order valence-electron chi connectivity index (χ2n) is 4.08. The minimum Gasteiger partial charge on any atom is -0.476 e. The van der Waals surface area contributed by atoms with Crippen LogP contribution in [-0.2, 0) is 6.54 Å². The highest BCUT2D eigenvalue weighted by Crippen LogP contribution is 2.13. The van der Waals surface area contributed by atoms with Gasteiger partial charge in [-0.25, -0.2) is 9.48 Å². The fraction of sp³-hybridized carbons (Fsp3) is 0.308. The van der Waals surface area contributed by atoms with Gasteiger partial charge in [0.05, 0.1) is 5.39 Å². The standard InChI is InChI=1S/C13H14N2O3/c1-2-3-8-15-12(16)10-7-5-4-6-9(10)11(14-15)13(17)18/h4-7H,2-3,8H2,1H3,(H,17,18). The summed E-state index contributed by atoms with van der Waals surface area (Å²) in [6, 6.07) is 6.66. The number of unbranched alkanes of at least 4 members (excludes halogenated alkanes) is 1. The summed E-state index contributed by atoms with van der Waals surface area (Å²) in [7, 11) is 0. The molecule has 0 fully saturated rings. The van der Waals surface area contributed by atoms with Crippen LogP contribution in [-0.4, -0.2) is 20.9 Å². The molecule has 1 heterocycles. The Morgan fingerprint density at radius 3 is 2.61 bits per heavy atom. The van der Waals surface area contributed by atoms with E-state index in [1.807, 2.05) is 6.92 Å². The number of hydrogen-bond donors (Lipinski definition) is 1. The van der Waals surface area contributed by atoms with Crippen molar-refractivity contribution in [2.75, 3.05) is 0 Å². The Morgan fingerprint density at radius 1 is 1.33 bits per heavy atom. The number of aromatic nitrogens is 2. The van der Waals surface area contributed by atoms with Gasteiger partial charge in [-0.15, -0.1) is 0 Å². The Hall–Kier alpha value is -2.17. The van der Waals surface area contributed by atoms with Crippen molar-refractivity contribution in [3.8, 4) is 0 Å². The lowest BCUT2D eigenvalue weighted by atomic mass is 10.1. The molecule has 5 heteroatoms. The highest BCUT2D eigenvalue weighted by atomic mass is 16.4. The van der Waals surface area contributed by atoms with E-state index in [9.17, 15) is 9.59 Å². The highest BCUT2D eigenvalue weighted by Gasteiger charge is 2.14. The van der Waals surface area contributed by atoms with Gasteiger partial charge < -0.3 is 5.11 Å². The van der Waals surface area contributed by atoms with Crippen molar-refractivity contribution in [2.45, 2.75) is 26.3 Å². The molecule has 0 aliphatic carbocycles. The smallest absolute Gasteiger partial charge is 0.357 e. The van der Waals surface area contributed by atoms with Crippen LogP contribution in [0.2, 0.25) is 0 Å². The number of fused-ring (bicyclic) bond motifs is 1. The molecule has 2 rings (SSSR count). The molecule has 0 radical (unpaired) electrons. The number of benzene rings is 1. The molecular weight excluding hydrogens is 232 g/mol. The largest absolute Gasteiger partial charge is 0.476 e. The van der Waals surface area contributed by atoms with Gasteiger partial charge in [0.15, 0.2) is 5.69 Å². The maximum absolute atomic E-state index is 12.1. The summed E-state index contributed by atoms with van der Waals surface area (Å²) in [5, 5.41) is 13.9. The number of carboxylic acid groups (broad SMARTS) is 1. The van der Waals surface area contributed by atoms with Crippen molar-refractivity contribution >= 4 is 16.7 Å². The first-order valence-corrected chi connectivity index (χ1v) is 5.88. The lowest BCUT2D eigenvalue weighted by Crippen LogP contribution is -2.26. The second kappa shape index (κ2) is 5.00. The van der Waals surface area contributed by atoms with Crippen molar-refractivity contribution in [2.24, 2.45) is 0 Å². The average molecular weight is 246 g/mol. The number of aromatic carboxylic acids is 1. The Labute approximate surface area is 104 Å². The van der Waals surface area contributed by atoms with Gasteiger partial charge in [0.25, 0.3) is 5.56 Å². The molecule has 0 unspecified atom stereocenters. The quantitative estimate of drug-likeness (QED) is 0.894. The Balaban J connectivity index is 2.71.